The first kappa shape index (κ1) is 16.1. The van der Waals surface area contributed by atoms with Crippen LogP contribution in [0, 0.1) is 0 Å². The number of halogens is 1. The van der Waals surface area contributed by atoms with Crippen molar-refractivity contribution in [1.29, 1.82) is 0 Å². The van der Waals surface area contributed by atoms with E-state index in [0.717, 1.165) is 15.8 Å². The number of hydrogen-bond donors (Lipinski definition) is 0. The van der Waals surface area contributed by atoms with Crippen LogP contribution in [-0.2, 0) is 4.74 Å². The van der Waals surface area contributed by atoms with Crippen LogP contribution in [0.25, 0.3) is 12.2 Å². The van der Waals surface area contributed by atoms with Gasteiger partial charge in [-0.2, -0.15) is 0 Å². The van der Waals surface area contributed by atoms with Crippen molar-refractivity contribution in [3.63, 3.8) is 0 Å². The second-order valence-electron chi connectivity index (χ2n) is 4.35. The van der Waals surface area contributed by atoms with Crippen molar-refractivity contribution in [1.82, 2.24) is 0 Å². The predicted octanol–water partition coefficient (Wildman–Crippen LogP) is 5.32. The Morgan fingerprint density at radius 3 is 2.33 bits per heavy atom. The van der Waals surface area contributed by atoms with Crippen molar-refractivity contribution in [2.24, 2.45) is 0 Å². The molecular weight excluding hydrogens is 348 g/mol. The lowest BCUT2D eigenvalue weighted by atomic mass is 10.1. The van der Waals surface area contributed by atoms with E-state index >= 15 is 0 Å². The fraction of sp³-hybridized carbons (Fsp3) is 0.176. The predicted molar refractivity (Wildman–Crippen MR) is 93.8 cm³/mol. The summed E-state index contributed by atoms with van der Waals surface area (Å²) in [6.07, 6.45) is 6.26. The largest absolute Gasteiger partial charge is 0.466 e. The summed E-state index contributed by atoms with van der Waals surface area (Å²) in [5, 5.41) is 0. The lowest BCUT2D eigenvalue weighted by Crippen LogP contribution is -1.99. The summed E-state index contributed by atoms with van der Waals surface area (Å²) < 4.78 is 11.2. The van der Waals surface area contributed by atoms with E-state index in [4.69, 9.17) is 9.47 Å². The molecule has 0 radical (unpaired) electrons. The number of rotatable bonds is 6. The Labute approximate surface area is 138 Å². The van der Waals surface area contributed by atoms with Crippen molar-refractivity contribution in [2.75, 3.05) is 20.2 Å². The molecule has 0 aromatic heterocycles. The van der Waals surface area contributed by atoms with Gasteiger partial charge in [0.15, 0.2) is 6.79 Å². The van der Waals surface area contributed by atoms with Gasteiger partial charge in [-0.05, 0) is 57.6 Å². The van der Waals surface area contributed by atoms with Crippen LogP contribution in [0.1, 0.15) is 11.1 Å². The van der Waals surface area contributed by atoms with Crippen LogP contribution in [0.5, 0.6) is 5.75 Å². The first-order chi connectivity index (χ1) is 10.2. The molecule has 0 heterocycles. The quantitative estimate of drug-likeness (QED) is 0.392. The van der Waals surface area contributed by atoms with E-state index in [-0.39, 0.29) is 6.79 Å². The second-order valence-corrected chi connectivity index (χ2v) is 6.08. The lowest BCUT2D eigenvalue weighted by molar-refractivity contribution is 0.0506. The maximum absolute atomic E-state index is 5.43. The molecule has 0 aliphatic heterocycles. The number of hydrogen-bond acceptors (Lipinski definition) is 3. The van der Waals surface area contributed by atoms with Gasteiger partial charge in [0.05, 0.1) is 4.47 Å². The molecule has 2 aromatic rings. The highest BCUT2D eigenvalue weighted by atomic mass is 79.9. The Morgan fingerprint density at radius 2 is 1.71 bits per heavy atom. The standard InChI is InChI=1S/C17H17BrO2S/c1-19-12-20-17-10-7-14(11-16(17)18)4-3-13-5-8-15(21-2)9-6-13/h3-11H,12H2,1-2H3. The summed E-state index contributed by atoms with van der Waals surface area (Å²) in [6.45, 7) is 0.246. The molecule has 4 heteroatoms. The van der Waals surface area contributed by atoms with Gasteiger partial charge in [0.2, 0.25) is 0 Å². The molecule has 2 nitrogen and oxygen atoms in total. The zero-order chi connectivity index (χ0) is 15.1. The Morgan fingerprint density at radius 1 is 1.05 bits per heavy atom. The maximum Gasteiger partial charge on any atom is 0.188 e. The fourth-order valence-electron chi connectivity index (χ4n) is 1.77. The smallest absolute Gasteiger partial charge is 0.188 e. The molecule has 21 heavy (non-hydrogen) atoms. The average Bonchev–Trinajstić information content (AvgIpc) is 2.52. The highest BCUT2D eigenvalue weighted by molar-refractivity contribution is 9.10. The molecule has 0 unspecified atom stereocenters. The summed E-state index contributed by atoms with van der Waals surface area (Å²) >= 11 is 5.25. The van der Waals surface area contributed by atoms with Gasteiger partial charge in [0.25, 0.3) is 0 Å². The molecule has 0 amide bonds. The Bertz CT molecular complexity index is 609. The van der Waals surface area contributed by atoms with Crippen molar-refractivity contribution in [2.45, 2.75) is 4.90 Å². The van der Waals surface area contributed by atoms with Gasteiger partial charge in [-0.25, -0.2) is 0 Å². The molecule has 0 bridgehead atoms. The summed E-state index contributed by atoms with van der Waals surface area (Å²) in [5.74, 6) is 0.776. The number of thioether (sulfide) groups is 1. The summed E-state index contributed by atoms with van der Waals surface area (Å²) in [6, 6.07) is 14.5. The van der Waals surface area contributed by atoms with E-state index in [0.29, 0.717) is 0 Å². The van der Waals surface area contributed by atoms with Crippen molar-refractivity contribution < 1.29 is 9.47 Å². The van der Waals surface area contributed by atoms with E-state index in [2.05, 4.69) is 58.6 Å². The summed E-state index contributed by atoms with van der Waals surface area (Å²) in [7, 11) is 1.60. The molecule has 0 atom stereocenters. The van der Waals surface area contributed by atoms with Gasteiger partial charge in [0.1, 0.15) is 5.75 Å². The zero-order valence-electron chi connectivity index (χ0n) is 12.0. The van der Waals surface area contributed by atoms with Gasteiger partial charge in [-0.15, -0.1) is 11.8 Å². The van der Waals surface area contributed by atoms with Crippen LogP contribution >= 0.6 is 27.7 Å². The molecule has 0 aliphatic rings. The Hall–Kier alpha value is -1.23. The third-order valence-corrected chi connectivity index (χ3v) is 4.24. The fourth-order valence-corrected chi connectivity index (χ4v) is 2.69. The number of ether oxygens (including phenoxy) is 2. The van der Waals surface area contributed by atoms with Gasteiger partial charge >= 0.3 is 0 Å². The van der Waals surface area contributed by atoms with Crippen LogP contribution in [0.4, 0.5) is 0 Å². The zero-order valence-corrected chi connectivity index (χ0v) is 14.4. The van der Waals surface area contributed by atoms with Crippen LogP contribution in [-0.4, -0.2) is 20.2 Å². The van der Waals surface area contributed by atoms with Crippen LogP contribution in [0.2, 0.25) is 0 Å². The SMILES string of the molecule is COCOc1ccc(C=Cc2ccc(SC)cc2)cc1Br. The van der Waals surface area contributed by atoms with Gasteiger partial charge in [0, 0.05) is 12.0 Å². The first-order valence-corrected chi connectivity index (χ1v) is 8.48. The monoisotopic (exact) mass is 364 g/mol. The van der Waals surface area contributed by atoms with E-state index in [1.54, 1.807) is 18.9 Å². The number of benzene rings is 2. The van der Waals surface area contributed by atoms with Crippen LogP contribution in [0.3, 0.4) is 0 Å². The summed E-state index contributed by atoms with van der Waals surface area (Å²) in [4.78, 5) is 1.27. The number of methoxy groups -OCH3 is 1. The normalized spacial score (nSPS) is 11.0. The van der Waals surface area contributed by atoms with E-state index in [9.17, 15) is 0 Å². The molecule has 0 fully saturated rings. The summed E-state index contributed by atoms with van der Waals surface area (Å²) in [5.41, 5.74) is 2.30. The Balaban J connectivity index is 2.07. The average molecular weight is 365 g/mol. The van der Waals surface area contributed by atoms with E-state index < -0.39 is 0 Å². The van der Waals surface area contributed by atoms with E-state index in [1.807, 2.05) is 18.2 Å². The topological polar surface area (TPSA) is 18.5 Å². The molecule has 2 aromatic carbocycles. The molecule has 0 N–H and O–H groups in total. The minimum atomic E-state index is 0.246. The van der Waals surface area contributed by atoms with Crippen LogP contribution in [0.15, 0.2) is 51.8 Å². The molecule has 2 rings (SSSR count). The minimum Gasteiger partial charge on any atom is -0.466 e. The van der Waals surface area contributed by atoms with Gasteiger partial charge in [-0.3, -0.25) is 0 Å². The minimum absolute atomic E-state index is 0.246. The molecule has 0 saturated heterocycles. The highest BCUT2D eigenvalue weighted by Gasteiger charge is 2.01. The van der Waals surface area contributed by atoms with Crippen molar-refractivity contribution in [3.8, 4) is 5.75 Å². The van der Waals surface area contributed by atoms with Crippen molar-refractivity contribution in [3.05, 3.63) is 58.1 Å². The molecule has 0 spiro atoms. The third-order valence-electron chi connectivity index (χ3n) is 2.87. The van der Waals surface area contributed by atoms with Crippen LogP contribution < -0.4 is 4.74 Å². The first-order valence-electron chi connectivity index (χ1n) is 6.46. The molecular formula is C17H17BrO2S. The second kappa shape index (κ2) is 8.27. The van der Waals surface area contributed by atoms with E-state index in [1.165, 1.54) is 10.5 Å². The van der Waals surface area contributed by atoms with Gasteiger partial charge < -0.3 is 9.47 Å². The molecule has 0 saturated carbocycles. The van der Waals surface area contributed by atoms with Crippen molar-refractivity contribution >= 4 is 39.8 Å². The Kier molecular flexibility index (Phi) is 6.36. The lowest BCUT2D eigenvalue weighted by Gasteiger charge is -2.07. The third kappa shape index (κ3) is 4.92. The maximum atomic E-state index is 5.43. The molecule has 0 aliphatic carbocycles. The highest BCUT2D eigenvalue weighted by Crippen LogP contribution is 2.27. The molecule has 110 valence electrons. The van der Waals surface area contributed by atoms with Gasteiger partial charge in [-0.1, -0.05) is 30.4 Å².